The highest BCUT2D eigenvalue weighted by atomic mass is 32.2. The van der Waals surface area contributed by atoms with Gasteiger partial charge in [0.05, 0.1) is 0 Å². The van der Waals surface area contributed by atoms with Crippen molar-refractivity contribution in [1.29, 1.82) is 0 Å². The first-order chi connectivity index (χ1) is 9.60. The molecule has 0 saturated carbocycles. The van der Waals surface area contributed by atoms with Gasteiger partial charge < -0.3 is 10.0 Å². The maximum Gasteiger partial charge on any atom is 0.253 e. The lowest BCUT2D eigenvalue weighted by Gasteiger charge is -2.17. The largest absolute Gasteiger partial charge is 0.508 e. The molecule has 0 aliphatic heterocycles. The van der Waals surface area contributed by atoms with E-state index in [1.54, 1.807) is 35.8 Å². The normalized spacial score (nSPS) is 10.3. The maximum absolute atomic E-state index is 12.3. The number of aromatic hydroxyl groups is 1. The van der Waals surface area contributed by atoms with Gasteiger partial charge >= 0.3 is 0 Å². The second-order valence-corrected chi connectivity index (χ2v) is 5.44. The van der Waals surface area contributed by atoms with Crippen LogP contribution in [0.15, 0.2) is 53.4 Å². The van der Waals surface area contributed by atoms with E-state index >= 15 is 0 Å². The van der Waals surface area contributed by atoms with Gasteiger partial charge in [-0.15, -0.1) is 11.8 Å². The summed E-state index contributed by atoms with van der Waals surface area (Å²) >= 11 is 1.65. The van der Waals surface area contributed by atoms with Crippen molar-refractivity contribution in [2.45, 2.75) is 11.4 Å². The van der Waals surface area contributed by atoms with E-state index in [1.165, 1.54) is 0 Å². The lowest BCUT2D eigenvalue weighted by atomic mass is 10.1. The molecule has 0 radical (unpaired) electrons. The Morgan fingerprint density at radius 3 is 2.25 bits per heavy atom. The molecule has 1 amide bonds. The Labute approximate surface area is 123 Å². The van der Waals surface area contributed by atoms with E-state index in [0.29, 0.717) is 12.1 Å². The van der Waals surface area contributed by atoms with Crippen LogP contribution in [-0.4, -0.2) is 29.2 Å². The number of phenolic OH excluding ortho intramolecular Hbond substituents is 1. The van der Waals surface area contributed by atoms with E-state index in [-0.39, 0.29) is 11.7 Å². The van der Waals surface area contributed by atoms with Crippen molar-refractivity contribution in [2.75, 3.05) is 13.3 Å². The molecule has 3 nitrogen and oxygen atoms in total. The molecule has 0 spiro atoms. The third kappa shape index (κ3) is 3.54. The Morgan fingerprint density at radius 1 is 1.10 bits per heavy atom. The van der Waals surface area contributed by atoms with Crippen LogP contribution in [0.1, 0.15) is 15.9 Å². The number of rotatable bonds is 4. The SMILES string of the molecule is CSc1ccc(C(=O)N(C)Cc2ccc(O)cc2)cc1. The maximum atomic E-state index is 12.3. The molecule has 104 valence electrons. The summed E-state index contributed by atoms with van der Waals surface area (Å²) in [4.78, 5) is 15.1. The minimum Gasteiger partial charge on any atom is -0.508 e. The van der Waals surface area contributed by atoms with Crippen molar-refractivity contribution in [1.82, 2.24) is 4.90 Å². The number of carbonyl (C=O) groups excluding carboxylic acids is 1. The molecule has 0 saturated heterocycles. The number of thioether (sulfide) groups is 1. The van der Waals surface area contributed by atoms with Crippen LogP contribution in [0.4, 0.5) is 0 Å². The monoisotopic (exact) mass is 287 g/mol. The van der Waals surface area contributed by atoms with Crippen LogP contribution in [0.3, 0.4) is 0 Å². The van der Waals surface area contributed by atoms with Crippen molar-refractivity contribution in [3.8, 4) is 5.75 Å². The van der Waals surface area contributed by atoms with Crippen molar-refractivity contribution in [3.63, 3.8) is 0 Å². The number of hydrogen-bond acceptors (Lipinski definition) is 3. The molecule has 0 fully saturated rings. The number of amides is 1. The molecule has 4 heteroatoms. The van der Waals surface area contributed by atoms with Gasteiger partial charge in [-0.05, 0) is 48.2 Å². The van der Waals surface area contributed by atoms with Gasteiger partial charge in [-0.2, -0.15) is 0 Å². The predicted octanol–water partition coefficient (Wildman–Crippen LogP) is 3.39. The Balaban J connectivity index is 2.05. The average Bonchev–Trinajstić information content (AvgIpc) is 2.49. The number of phenols is 1. The molecule has 0 aliphatic rings. The van der Waals surface area contributed by atoms with Crippen molar-refractivity contribution < 1.29 is 9.90 Å². The van der Waals surface area contributed by atoms with Crippen LogP contribution < -0.4 is 0 Å². The zero-order valence-electron chi connectivity index (χ0n) is 11.5. The Kier molecular flexibility index (Phi) is 4.69. The highest BCUT2D eigenvalue weighted by molar-refractivity contribution is 7.98. The minimum absolute atomic E-state index is 0.00859. The van der Waals surface area contributed by atoms with Gasteiger partial charge in [-0.25, -0.2) is 0 Å². The van der Waals surface area contributed by atoms with E-state index in [4.69, 9.17) is 0 Å². The number of carbonyl (C=O) groups is 1. The molecule has 2 rings (SSSR count). The minimum atomic E-state index is -0.00859. The summed E-state index contributed by atoms with van der Waals surface area (Å²) in [5, 5.41) is 9.24. The fraction of sp³-hybridized carbons (Fsp3) is 0.188. The van der Waals surface area contributed by atoms with Crippen molar-refractivity contribution in [3.05, 3.63) is 59.7 Å². The summed E-state index contributed by atoms with van der Waals surface area (Å²) in [6.45, 7) is 0.517. The Bertz CT molecular complexity index is 578. The number of nitrogens with zero attached hydrogens (tertiary/aromatic N) is 1. The fourth-order valence-electron chi connectivity index (χ4n) is 1.90. The van der Waals surface area contributed by atoms with Gasteiger partial charge in [0.25, 0.3) is 5.91 Å². The van der Waals surface area contributed by atoms with E-state index < -0.39 is 0 Å². The van der Waals surface area contributed by atoms with Gasteiger partial charge in [-0.1, -0.05) is 12.1 Å². The molecule has 2 aromatic rings. The van der Waals surface area contributed by atoms with Gasteiger partial charge in [0.2, 0.25) is 0 Å². The van der Waals surface area contributed by atoms with Crippen LogP contribution in [-0.2, 0) is 6.54 Å². The summed E-state index contributed by atoms with van der Waals surface area (Å²) in [7, 11) is 1.78. The highest BCUT2D eigenvalue weighted by Gasteiger charge is 2.11. The van der Waals surface area contributed by atoms with Crippen LogP contribution in [0.25, 0.3) is 0 Å². The van der Waals surface area contributed by atoms with E-state index in [1.807, 2.05) is 42.7 Å². The van der Waals surface area contributed by atoms with Crippen molar-refractivity contribution in [2.24, 2.45) is 0 Å². The molecule has 0 bridgehead atoms. The summed E-state index contributed by atoms with van der Waals surface area (Å²) in [6, 6.07) is 14.5. The predicted molar refractivity (Wildman–Crippen MR) is 82.1 cm³/mol. The third-order valence-electron chi connectivity index (χ3n) is 3.04. The highest BCUT2D eigenvalue weighted by Crippen LogP contribution is 2.17. The molecule has 2 aromatic carbocycles. The van der Waals surface area contributed by atoms with Crippen LogP contribution in [0.2, 0.25) is 0 Å². The summed E-state index contributed by atoms with van der Waals surface area (Å²) in [6.07, 6.45) is 2.01. The van der Waals surface area contributed by atoms with E-state index in [0.717, 1.165) is 10.5 Å². The summed E-state index contributed by atoms with van der Waals surface area (Å²) in [5.41, 5.74) is 1.67. The average molecular weight is 287 g/mol. The van der Waals surface area contributed by atoms with E-state index in [9.17, 15) is 9.90 Å². The van der Waals surface area contributed by atoms with Crippen LogP contribution in [0.5, 0.6) is 5.75 Å². The molecular weight excluding hydrogens is 270 g/mol. The Hall–Kier alpha value is -1.94. The van der Waals surface area contributed by atoms with Crippen molar-refractivity contribution >= 4 is 17.7 Å². The standard InChI is InChI=1S/C16H17NO2S/c1-17(11-12-3-7-14(18)8-4-12)16(19)13-5-9-15(20-2)10-6-13/h3-10,18H,11H2,1-2H3. The lowest BCUT2D eigenvalue weighted by Crippen LogP contribution is -2.26. The first-order valence-electron chi connectivity index (χ1n) is 6.27. The molecule has 0 heterocycles. The van der Waals surface area contributed by atoms with Crippen LogP contribution >= 0.6 is 11.8 Å². The second-order valence-electron chi connectivity index (χ2n) is 4.56. The van der Waals surface area contributed by atoms with Gasteiger partial charge in [-0.3, -0.25) is 4.79 Å². The van der Waals surface area contributed by atoms with Gasteiger partial charge in [0, 0.05) is 24.1 Å². The molecule has 0 aliphatic carbocycles. The van der Waals surface area contributed by atoms with Crippen LogP contribution in [0, 0.1) is 0 Å². The molecule has 20 heavy (non-hydrogen) atoms. The summed E-state index contributed by atoms with van der Waals surface area (Å²) < 4.78 is 0. The molecule has 1 N–H and O–H groups in total. The van der Waals surface area contributed by atoms with Gasteiger partial charge in [0.15, 0.2) is 0 Å². The lowest BCUT2D eigenvalue weighted by molar-refractivity contribution is 0.0785. The first-order valence-corrected chi connectivity index (χ1v) is 7.50. The topological polar surface area (TPSA) is 40.5 Å². The third-order valence-corrected chi connectivity index (χ3v) is 3.78. The molecular formula is C16H17NO2S. The zero-order chi connectivity index (χ0) is 14.5. The number of benzene rings is 2. The first kappa shape index (κ1) is 14.5. The molecule has 0 aromatic heterocycles. The molecule has 0 unspecified atom stereocenters. The van der Waals surface area contributed by atoms with E-state index in [2.05, 4.69) is 0 Å². The fourth-order valence-corrected chi connectivity index (χ4v) is 2.31. The summed E-state index contributed by atoms with van der Waals surface area (Å²) in [5.74, 6) is 0.223. The number of hydrogen-bond donors (Lipinski definition) is 1. The van der Waals surface area contributed by atoms with Gasteiger partial charge in [0.1, 0.15) is 5.75 Å². The second kappa shape index (κ2) is 6.48. The molecule has 0 atom stereocenters. The smallest absolute Gasteiger partial charge is 0.253 e. The zero-order valence-corrected chi connectivity index (χ0v) is 12.4. The quantitative estimate of drug-likeness (QED) is 0.876. The Morgan fingerprint density at radius 2 is 1.70 bits per heavy atom.